The van der Waals surface area contributed by atoms with Crippen molar-refractivity contribution in [3.63, 3.8) is 0 Å². The van der Waals surface area contributed by atoms with E-state index >= 15 is 0 Å². The Morgan fingerprint density at radius 3 is 2.50 bits per heavy atom. The molecule has 0 aromatic carbocycles. The number of hydrogen-bond acceptors (Lipinski definition) is 3. The maximum atomic E-state index is 11.2. The fourth-order valence-electron chi connectivity index (χ4n) is 2.46. The Morgan fingerprint density at radius 2 is 2.05 bits per heavy atom. The molecule has 0 radical (unpaired) electrons. The third-order valence-electron chi connectivity index (χ3n) is 3.71. The average molecular weight is 296 g/mol. The van der Waals surface area contributed by atoms with Crippen LogP contribution in [-0.4, -0.2) is 21.4 Å². The second kappa shape index (κ2) is 6.61. The first-order valence-corrected chi connectivity index (χ1v) is 10.7. The predicted octanol–water partition coefficient (Wildman–Crippen LogP) is 4.28. The van der Waals surface area contributed by atoms with Crippen molar-refractivity contribution in [1.82, 2.24) is 0 Å². The highest BCUT2D eigenvalue weighted by atomic mass is 28.4. The second-order valence-electron chi connectivity index (χ2n) is 7.03. The molecular formula is C16H28O3Si. The van der Waals surface area contributed by atoms with Gasteiger partial charge in [0, 0.05) is 12.5 Å². The first kappa shape index (κ1) is 17.0. The molecule has 0 aromatic heterocycles. The van der Waals surface area contributed by atoms with Gasteiger partial charge in [0.2, 0.25) is 8.32 Å². The molecule has 0 saturated carbocycles. The monoisotopic (exact) mass is 296 g/mol. The van der Waals surface area contributed by atoms with Gasteiger partial charge < -0.3 is 9.16 Å². The van der Waals surface area contributed by atoms with Crippen molar-refractivity contribution in [2.75, 3.05) is 7.11 Å². The highest BCUT2D eigenvalue weighted by molar-refractivity contribution is 6.70. The SMILES string of the molecule is COC(=O)/C=C/C(C)(C)[C@H]1CC=C(O[Si](C)(C)C)CC1. The summed E-state index contributed by atoms with van der Waals surface area (Å²) in [7, 11) is -0.0852. The summed E-state index contributed by atoms with van der Waals surface area (Å²) in [5.74, 6) is 1.41. The van der Waals surface area contributed by atoms with E-state index in [1.165, 1.54) is 13.2 Å². The summed E-state index contributed by atoms with van der Waals surface area (Å²) < 4.78 is 10.7. The Bertz CT molecular complexity index is 402. The van der Waals surface area contributed by atoms with Crippen molar-refractivity contribution in [2.24, 2.45) is 11.3 Å². The van der Waals surface area contributed by atoms with Crippen molar-refractivity contribution >= 4 is 14.3 Å². The highest BCUT2D eigenvalue weighted by Crippen LogP contribution is 2.39. The van der Waals surface area contributed by atoms with Crippen LogP contribution in [0, 0.1) is 11.3 Å². The molecule has 0 heterocycles. The van der Waals surface area contributed by atoms with Crippen LogP contribution < -0.4 is 0 Å². The van der Waals surface area contributed by atoms with E-state index in [0.29, 0.717) is 5.92 Å². The van der Waals surface area contributed by atoms with Gasteiger partial charge in [-0.25, -0.2) is 4.79 Å². The van der Waals surface area contributed by atoms with Gasteiger partial charge in [-0.3, -0.25) is 0 Å². The lowest BCUT2D eigenvalue weighted by Crippen LogP contribution is -2.28. The van der Waals surface area contributed by atoms with E-state index in [1.807, 2.05) is 6.08 Å². The molecule has 0 saturated heterocycles. The summed E-state index contributed by atoms with van der Waals surface area (Å²) >= 11 is 0. The molecule has 0 spiro atoms. The fourth-order valence-corrected chi connectivity index (χ4v) is 3.43. The minimum absolute atomic E-state index is 0.00458. The van der Waals surface area contributed by atoms with E-state index in [0.717, 1.165) is 25.0 Å². The van der Waals surface area contributed by atoms with Crippen molar-refractivity contribution in [3.05, 3.63) is 24.0 Å². The van der Waals surface area contributed by atoms with E-state index in [4.69, 9.17) is 4.43 Å². The quantitative estimate of drug-likeness (QED) is 0.431. The molecule has 1 aliphatic rings. The second-order valence-corrected chi connectivity index (χ2v) is 11.5. The Morgan fingerprint density at radius 1 is 1.40 bits per heavy atom. The third kappa shape index (κ3) is 5.53. The lowest BCUT2D eigenvalue weighted by Gasteiger charge is -2.35. The fraction of sp³-hybridized carbons (Fsp3) is 0.688. The van der Waals surface area contributed by atoms with Gasteiger partial charge in [0.15, 0.2) is 0 Å². The molecule has 3 nitrogen and oxygen atoms in total. The van der Waals surface area contributed by atoms with Gasteiger partial charge in [0.25, 0.3) is 0 Å². The summed E-state index contributed by atoms with van der Waals surface area (Å²) in [5.41, 5.74) is -0.00458. The van der Waals surface area contributed by atoms with Crippen LogP contribution in [0.1, 0.15) is 33.1 Å². The molecule has 1 rings (SSSR count). The molecule has 0 fully saturated rings. The third-order valence-corrected chi connectivity index (χ3v) is 4.58. The summed E-state index contributed by atoms with van der Waals surface area (Å²) in [4.78, 5) is 11.2. The van der Waals surface area contributed by atoms with E-state index < -0.39 is 8.32 Å². The highest BCUT2D eigenvalue weighted by Gasteiger charge is 2.30. The lowest BCUT2D eigenvalue weighted by atomic mass is 9.72. The van der Waals surface area contributed by atoms with Crippen molar-refractivity contribution in [2.45, 2.75) is 52.8 Å². The maximum absolute atomic E-state index is 11.2. The van der Waals surface area contributed by atoms with E-state index in [1.54, 1.807) is 0 Å². The minimum Gasteiger partial charge on any atom is -0.548 e. The Balaban J connectivity index is 2.63. The molecule has 0 N–H and O–H groups in total. The van der Waals surface area contributed by atoms with Crippen molar-refractivity contribution in [1.29, 1.82) is 0 Å². The van der Waals surface area contributed by atoms with Gasteiger partial charge in [-0.15, -0.1) is 0 Å². The van der Waals surface area contributed by atoms with E-state index in [-0.39, 0.29) is 11.4 Å². The number of esters is 1. The molecule has 20 heavy (non-hydrogen) atoms. The number of allylic oxidation sites excluding steroid dienone is 3. The van der Waals surface area contributed by atoms with Crippen LogP contribution in [0.2, 0.25) is 19.6 Å². The average Bonchev–Trinajstić information content (AvgIpc) is 2.34. The first-order valence-electron chi connectivity index (χ1n) is 7.29. The molecule has 1 atom stereocenters. The zero-order valence-electron chi connectivity index (χ0n) is 13.7. The van der Waals surface area contributed by atoms with Crippen LogP contribution in [0.15, 0.2) is 24.0 Å². The van der Waals surface area contributed by atoms with Crippen LogP contribution in [0.5, 0.6) is 0 Å². The molecule has 0 aromatic rings. The largest absolute Gasteiger partial charge is 0.548 e. The normalized spacial score (nSPS) is 20.7. The summed E-state index contributed by atoms with van der Waals surface area (Å²) in [6, 6.07) is 0. The van der Waals surface area contributed by atoms with E-state index in [2.05, 4.69) is 44.3 Å². The van der Waals surface area contributed by atoms with Gasteiger partial charge in [0.05, 0.1) is 12.9 Å². The van der Waals surface area contributed by atoms with Gasteiger partial charge >= 0.3 is 5.97 Å². The zero-order valence-corrected chi connectivity index (χ0v) is 14.7. The minimum atomic E-state index is -1.49. The number of carbonyl (C=O) groups is 1. The Labute approximate surface area is 124 Å². The van der Waals surface area contributed by atoms with Crippen molar-refractivity contribution < 1.29 is 14.0 Å². The predicted molar refractivity (Wildman–Crippen MR) is 84.8 cm³/mol. The van der Waals surface area contributed by atoms with E-state index in [9.17, 15) is 4.79 Å². The standard InChI is InChI=1S/C16H28O3Si/c1-16(2,12-11-15(17)18-3)13-7-9-14(10-8-13)19-20(4,5)6/h9,11-13H,7-8,10H2,1-6H3/b12-11+/t13-/m0/s1. The molecule has 4 heteroatoms. The lowest BCUT2D eigenvalue weighted by molar-refractivity contribution is -0.134. The van der Waals surface area contributed by atoms with Gasteiger partial charge in [-0.1, -0.05) is 19.9 Å². The number of carbonyl (C=O) groups excluding carboxylic acids is 1. The number of ether oxygens (including phenoxy) is 1. The smallest absolute Gasteiger partial charge is 0.330 e. The molecule has 0 bridgehead atoms. The van der Waals surface area contributed by atoms with Gasteiger partial charge in [-0.05, 0) is 49.9 Å². The molecule has 114 valence electrons. The van der Waals surface area contributed by atoms with Crippen LogP contribution in [-0.2, 0) is 14.0 Å². The number of hydrogen-bond donors (Lipinski definition) is 0. The molecule has 0 aliphatic heterocycles. The van der Waals surface area contributed by atoms with Crippen LogP contribution in [0.3, 0.4) is 0 Å². The summed E-state index contributed by atoms with van der Waals surface area (Å²) in [6.45, 7) is 11.0. The molecule has 1 aliphatic carbocycles. The van der Waals surface area contributed by atoms with Crippen LogP contribution in [0.4, 0.5) is 0 Å². The topological polar surface area (TPSA) is 35.5 Å². The molecular weight excluding hydrogens is 268 g/mol. The maximum Gasteiger partial charge on any atom is 0.330 e. The molecule has 0 unspecified atom stereocenters. The van der Waals surface area contributed by atoms with Crippen molar-refractivity contribution in [3.8, 4) is 0 Å². The van der Waals surface area contributed by atoms with Crippen LogP contribution >= 0.6 is 0 Å². The Kier molecular flexibility index (Phi) is 5.63. The number of methoxy groups -OCH3 is 1. The van der Waals surface area contributed by atoms with Gasteiger partial charge in [0.1, 0.15) is 0 Å². The van der Waals surface area contributed by atoms with Gasteiger partial charge in [-0.2, -0.15) is 0 Å². The zero-order chi connectivity index (χ0) is 15.4. The summed E-state index contributed by atoms with van der Waals surface area (Å²) in [6.07, 6.45) is 8.87. The summed E-state index contributed by atoms with van der Waals surface area (Å²) in [5, 5.41) is 0. The van der Waals surface area contributed by atoms with Crippen LogP contribution in [0.25, 0.3) is 0 Å². The molecule has 0 amide bonds. The number of rotatable bonds is 5. The first-order chi connectivity index (χ1) is 9.14. The Hall–Kier alpha value is -1.03.